The first-order valence-corrected chi connectivity index (χ1v) is 4.51. The SMILES string of the molecule is CN1CCC[C@@H](C(=O)N(C)C)C1. The van der Waals surface area contributed by atoms with Crippen LogP contribution >= 0.6 is 0 Å². The quantitative estimate of drug-likeness (QED) is 0.569. The van der Waals surface area contributed by atoms with Crippen molar-refractivity contribution in [2.45, 2.75) is 12.8 Å². The van der Waals surface area contributed by atoms with Crippen molar-refractivity contribution < 1.29 is 4.79 Å². The van der Waals surface area contributed by atoms with Gasteiger partial charge in [0, 0.05) is 20.6 Å². The van der Waals surface area contributed by atoms with Gasteiger partial charge in [0.15, 0.2) is 0 Å². The minimum atomic E-state index is 0.235. The van der Waals surface area contributed by atoms with Gasteiger partial charge in [0.1, 0.15) is 0 Å². The lowest BCUT2D eigenvalue weighted by molar-refractivity contribution is -0.134. The van der Waals surface area contributed by atoms with Crippen LogP contribution in [0, 0.1) is 5.92 Å². The van der Waals surface area contributed by atoms with E-state index in [0.717, 1.165) is 25.9 Å². The predicted octanol–water partition coefficient (Wildman–Crippen LogP) is 0.416. The number of carbonyl (C=O) groups is 1. The summed E-state index contributed by atoms with van der Waals surface area (Å²) in [5, 5.41) is 0. The minimum Gasteiger partial charge on any atom is -0.349 e. The molecule has 0 radical (unpaired) electrons. The zero-order valence-corrected chi connectivity index (χ0v) is 8.21. The highest BCUT2D eigenvalue weighted by atomic mass is 16.2. The van der Waals surface area contributed by atoms with E-state index in [-0.39, 0.29) is 11.8 Å². The van der Waals surface area contributed by atoms with Gasteiger partial charge in [-0.25, -0.2) is 0 Å². The number of likely N-dealkylation sites (tertiary alicyclic amines) is 1. The van der Waals surface area contributed by atoms with Crippen molar-refractivity contribution in [1.82, 2.24) is 9.80 Å². The highest BCUT2D eigenvalue weighted by Crippen LogP contribution is 2.16. The summed E-state index contributed by atoms with van der Waals surface area (Å²) in [6.45, 7) is 2.06. The summed E-state index contributed by atoms with van der Waals surface area (Å²) < 4.78 is 0. The Morgan fingerprint density at radius 3 is 2.67 bits per heavy atom. The van der Waals surface area contributed by atoms with E-state index in [9.17, 15) is 4.79 Å². The van der Waals surface area contributed by atoms with E-state index in [0.29, 0.717) is 0 Å². The zero-order valence-electron chi connectivity index (χ0n) is 8.21. The first-order chi connectivity index (χ1) is 5.61. The van der Waals surface area contributed by atoms with Crippen molar-refractivity contribution in [3.8, 4) is 0 Å². The van der Waals surface area contributed by atoms with Crippen molar-refractivity contribution in [2.24, 2.45) is 5.92 Å². The molecule has 1 saturated heterocycles. The van der Waals surface area contributed by atoms with Crippen LogP contribution in [-0.4, -0.2) is 49.9 Å². The summed E-state index contributed by atoms with van der Waals surface area (Å²) >= 11 is 0. The molecule has 3 heteroatoms. The van der Waals surface area contributed by atoms with Crippen LogP contribution in [0.25, 0.3) is 0 Å². The molecule has 1 amide bonds. The molecule has 1 fully saturated rings. The first kappa shape index (κ1) is 9.52. The molecule has 1 heterocycles. The second-order valence-electron chi connectivity index (χ2n) is 3.83. The first-order valence-electron chi connectivity index (χ1n) is 4.51. The molecule has 70 valence electrons. The maximum atomic E-state index is 11.5. The average Bonchev–Trinajstić information content (AvgIpc) is 2.03. The molecule has 0 saturated carbocycles. The van der Waals surface area contributed by atoms with Gasteiger partial charge in [0.2, 0.25) is 5.91 Å². The van der Waals surface area contributed by atoms with Gasteiger partial charge in [-0.1, -0.05) is 0 Å². The Morgan fingerprint density at radius 1 is 1.50 bits per heavy atom. The van der Waals surface area contributed by atoms with Crippen LogP contribution in [0.2, 0.25) is 0 Å². The van der Waals surface area contributed by atoms with Crippen LogP contribution in [0.1, 0.15) is 12.8 Å². The highest BCUT2D eigenvalue weighted by Gasteiger charge is 2.24. The number of hydrogen-bond donors (Lipinski definition) is 0. The molecule has 3 nitrogen and oxygen atoms in total. The Bertz CT molecular complexity index is 168. The Hall–Kier alpha value is -0.570. The fourth-order valence-corrected chi connectivity index (χ4v) is 1.73. The molecule has 1 aliphatic heterocycles. The van der Waals surface area contributed by atoms with Crippen LogP contribution in [0.4, 0.5) is 0 Å². The van der Waals surface area contributed by atoms with E-state index in [4.69, 9.17) is 0 Å². The van der Waals surface area contributed by atoms with Crippen LogP contribution < -0.4 is 0 Å². The number of amides is 1. The molecule has 0 bridgehead atoms. The molecule has 0 aromatic carbocycles. The molecule has 1 atom stereocenters. The van der Waals surface area contributed by atoms with E-state index in [1.165, 1.54) is 0 Å². The number of hydrogen-bond acceptors (Lipinski definition) is 2. The summed E-state index contributed by atoms with van der Waals surface area (Å²) in [5.41, 5.74) is 0. The molecule has 0 N–H and O–H groups in total. The Labute approximate surface area is 74.3 Å². The van der Waals surface area contributed by atoms with Gasteiger partial charge in [-0.15, -0.1) is 0 Å². The summed E-state index contributed by atoms with van der Waals surface area (Å²) in [7, 11) is 5.74. The minimum absolute atomic E-state index is 0.235. The molecule has 12 heavy (non-hydrogen) atoms. The van der Waals surface area contributed by atoms with E-state index in [2.05, 4.69) is 11.9 Å². The van der Waals surface area contributed by atoms with Gasteiger partial charge in [-0.05, 0) is 26.4 Å². The molecule has 0 aromatic heterocycles. The van der Waals surface area contributed by atoms with E-state index >= 15 is 0 Å². The lowest BCUT2D eigenvalue weighted by atomic mass is 9.97. The summed E-state index contributed by atoms with van der Waals surface area (Å²) in [5.74, 6) is 0.514. The van der Waals surface area contributed by atoms with Crippen LogP contribution in [0.15, 0.2) is 0 Å². The predicted molar refractivity (Wildman–Crippen MR) is 48.9 cm³/mol. The van der Waals surface area contributed by atoms with Gasteiger partial charge in [0.25, 0.3) is 0 Å². The smallest absolute Gasteiger partial charge is 0.226 e. The Kier molecular flexibility index (Phi) is 3.09. The summed E-state index contributed by atoms with van der Waals surface area (Å²) in [6, 6.07) is 0. The fraction of sp³-hybridized carbons (Fsp3) is 0.889. The molecule has 0 spiro atoms. The van der Waals surface area contributed by atoms with Crippen molar-refractivity contribution in [2.75, 3.05) is 34.2 Å². The second kappa shape index (κ2) is 3.90. The van der Waals surface area contributed by atoms with Gasteiger partial charge >= 0.3 is 0 Å². The molecular weight excluding hydrogens is 152 g/mol. The maximum Gasteiger partial charge on any atom is 0.226 e. The molecular formula is C9H18N2O. The third-order valence-corrected chi connectivity index (χ3v) is 2.41. The van der Waals surface area contributed by atoms with Crippen LogP contribution in [0.5, 0.6) is 0 Å². The van der Waals surface area contributed by atoms with E-state index < -0.39 is 0 Å². The topological polar surface area (TPSA) is 23.6 Å². The zero-order chi connectivity index (χ0) is 9.14. The summed E-state index contributed by atoms with van der Waals surface area (Å²) in [4.78, 5) is 15.5. The summed E-state index contributed by atoms with van der Waals surface area (Å²) in [6.07, 6.45) is 2.21. The third-order valence-electron chi connectivity index (χ3n) is 2.41. The van der Waals surface area contributed by atoms with Crippen LogP contribution in [-0.2, 0) is 4.79 Å². The Balaban J connectivity index is 2.46. The molecule has 1 rings (SSSR count). The van der Waals surface area contributed by atoms with E-state index in [1.54, 1.807) is 4.90 Å². The largest absolute Gasteiger partial charge is 0.349 e. The van der Waals surface area contributed by atoms with Gasteiger partial charge in [-0.2, -0.15) is 0 Å². The van der Waals surface area contributed by atoms with Crippen molar-refractivity contribution in [3.05, 3.63) is 0 Å². The van der Waals surface area contributed by atoms with Crippen molar-refractivity contribution in [1.29, 1.82) is 0 Å². The molecule has 0 aromatic rings. The second-order valence-corrected chi connectivity index (χ2v) is 3.83. The number of carbonyl (C=O) groups excluding carboxylic acids is 1. The number of piperidine rings is 1. The number of nitrogens with zero attached hydrogens (tertiary/aromatic N) is 2. The lowest BCUT2D eigenvalue weighted by Crippen LogP contribution is -2.40. The van der Waals surface area contributed by atoms with Gasteiger partial charge in [-0.3, -0.25) is 4.79 Å². The van der Waals surface area contributed by atoms with Crippen molar-refractivity contribution in [3.63, 3.8) is 0 Å². The van der Waals surface area contributed by atoms with Gasteiger partial charge < -0.3 is 9.80 Å². The molecule has 1 aliphatic rings. The Morgan fingerprint density at radius 2 is 2.17 bits per heavy atom. The van der Waals surface area contributed by atoms with E-state index in [1.807, 2.05) is 14.1 Å². The molecule has 0 unspecified atom stereocenters. The van der Waals surface area contributed by atoms with Gasteiger partial charge in [0.05, 0.1) is 5.92 Å². The average molecular weight is 170 g/mol. The lowest BCUT2D eigenvalue weighted by Gasteiger charge is -2.30. The number of rotatable bonds is 1. The fourth-order valence-electron chi connectivity index (χ4n) is 1.73. The maximum absolute atomic E-state index is 11.5. The third kappa shape index (κ3) is 2.21. The van der Waals surface area contributed by atoms with Crippen LogP contribution in [0.3, 0.4) is 0 Å². The normalized spacial score (nSPS) is 25.4. The monoisotopic (exact) mass is 170 g/mol. The van der Waals surface area contributed by atoms with Crippen molar-refractivity contribution >= 4 is 5.91 Å². The standard InChI is InChI=1S/C9H18N2O/c1-10(2)9(12)8-5-4-6-11(3)7-8/h8H,4-7H2,1-3H3/t8-/m1/s1. The molecule has 0 aliphatic carbocycles. The highest BCUT2D eigenvalue weighted by molar-refractivity contribution is 5.78.